The van der Waals surface area contributed by atoms with Crippen molar-refractivity contribution in [3.05, 3.63) is 53.1 Å². The topological polar surface area (TPSA) is 78.5 Å². The van der Waals surface area contributed by atoms with Crippen molar-refractivity contribution >= 4 is 34.8 Å². The first-order valence-electron chi connectivity index (χ1n) is 10.1. The summed E-state index contributed by atoms with van der Waals surface area (Å²) in [6.07, 6.45) is 3.76. The molecule has 29 heavy (non-hydrogen) atoms. The fraction of sp³-hybridized carbons (Fsp3) is 0.348. The summed E-state index contributed by atoms with van der Waals surface area (Å²) < 4.78 is 0. The predicted molar refractivity (Wildman–Crippen MR) is 113 cm³/mol. The molecule has 1 aliphatic carbocycles. The Balaban J connectivity index is 1.48. The Morgan fingerprint density at radius 3 is 2.48 bits per heavy atom. The number of nitrogens with one attached hydrogen (secondary N) is 2. The molecule has 0 unspecified atom stereocenters. The highest BCUT2D eigenvalue weighted by atomic mass is 16.2. The summed E-state index contributed by atoms with van der Waals surface area (Å²) in [5, 5.41) is 5.33. The van der Waals surface area contributed by atoms with Gasteiger partial charge in [-0.1, -0.05) is 18.2 Å². The molecule has 2 aromatic rings. The largest absolute Gasteiger partial charge is 0.318 e. The molecule has 0 atom stereocenters. The third-order valence-electron chi connectivity index (χ3n) is 5.50. The summed E-state index contributed by atoms with van der Waals surface area (Å²) in [6.45, 7) is 4.51. The minimum atomic E-state index is -0.735. The van der Waals surface area contributed by atoms with Gasteiger partial charge in [0, 0.05) is 29.5 Å². The molecule has 0 spiro atoms. The molecule has 0 bridgehead atoms. The van der Waals surface area contributed by atoms with Crippen LogP contribution < -0.4 is 15.5 Å². The van der Waals surface area contributed by atoms with Gasteiger partial charge in [-0.2, -0.15) is 0 Å². The fourth-order valence-corrected chi connectivity index (χ4v) is 3.67. The monoisotopic (exact) mass is 391 g/mol. The van der Waals surface area contributed by atoms with Crippen LogP contribution in [0.4, 0.5) is 17.1 Å². The van der Waals surface area contributed by atoms with Crippen molar-refractivity contribution in [3.8, 4) is 0 Å². The van der Waals surface area contributed by atoms with E-state index in [-0.39, 0.29) is 11.8 Å². The molecule has 2 N–H and O–H groups in total. The lowest BCUT2D eigenvalue weighted by Gasteiger charge is -2.30. The number of hydrogen-bond acceptors (Lipinski definition) is 3. The molecule has 2 aromatic carbocycles. The van der Waals surface area contributed by atoms with E-state index >= 15 is 0 Å². The highest BCUT2D eigenvalue weighted by Crippen LogP contribution is 2.36. The Morgan fingerprint density at radius 1 is 0.966 bits per heavy atom. The van der Waals surface area contributed by atoms with Gasteiger partial charge in [-0.15, -0.1) is 0 Å². The van der Waals surface area contributed by atoms with Crippen LogP contribution in [0.3, 0.4) is 0 Å². The van der Waals surface area contributed by atoms with E-state index in [9.17, 15) is 14.4 Å². The maximum Gasteiger partial charge on any atom is 0.314 e. The van der Waals surface area contributed by atoms with Crippen LogP contribution in [0.1, 0.15) is 36.0 Å². The zero-order valence-corrected chi connectivity index (χ0v) is 16.7. The SMILES string of the molecule is Cc1ccc(C)c(NC(=O)C(=O)Nc2ccc3c(c2)N(C(=O)C2CC2)CCC3)c1. The number of carbonyl (C=O) groups is 3. The van der Waals surface area contributed by atoms with Gasteiger partial charge < -0.3 is 15.5 Å². The van der Waals surface area contributed by atoms with E-state index in [2.05, 4.69) is 10.6 Å². The summed E-state index contributed by atoms with van der Waals surface area (Å²) in [5.74, 6) is -1.14. The third kappa shape index (κ3) is 4.16. The molecule has 0 saturated heterocycles. The Bertz CT molecular complexity index is 995. The van der Waals surface area contributed by atoms with Crippen molar-refractivity contribution in [3.63, 3.8) is 0 Å². The van der Waals surface area contributed by atoms with Crippen LogP contribution in [0.2, 0.25) is 0 Å². The van der Waals surface area contributed by atoms with Gasteiger partial charge in [0.1, 0.15) is 0 Å². The minimum Gasteiger partial charge on any atom is -0.318 e. The Kier molecular flexibility index (Phi) is 5.09. The van der Waals surface area contributed by atoms with Gasteiger partial charge in [-0.3, -0.25) is 14.4 Å². The molecule has 6 nitrogen and oxygen atoms in total. The molecule has 1 aliphatic heterocycles. The molecule has 0 aromatic heterocycles. The first-order valence-corrected chi connectivity index (χ1v) is 10.1. The van der Waals surface area contributed by atoms with Gasteiger partial charge in [-0.25, -0.2) is 0 Å². The Morgan fingerprint density at radius 2 is 1.72 bits per heavy atom. The van der Waals surface area contributed by atoms with E-state index in [1.807, 2.05) is 43.0 Å². The molecule has 0 radical (unpaired) electrons. The van der Waals surface area contributed by atoms with E-state index in [0.717, 1.165) is 48.1 Å². The van der Waals surface area contributed by atoms with E-state index < -0.39 is 11.8 Å². The second-order valence-electron chi connectivity index (χ2n) is 7.94. The summed E-state index contributed by atoms with van der Waals surface area (Å²) >= 11 is 0. The normalized spacial score (nSPS) is 15.4. The van der Waals surface area contributed by atoms with E-state index in [0.29, 0.717) is 17.9 Å². The van der Waals surface area contributed by atoms with Crippen LogP contribution in [-0.4, -0.2) is 24.3 Å². The molecule has 1 saturated carbocycles. The Hall–Kier alpha value is -3.15. The van der Waals surface area contributed by atoms with Crippen molar-refractivity contribution in [2.45, 2.75) is 39.5 Å². The van der Waals surface area contributed by atoms with Crippen LogP contribution >= 0.6 is 0 Å². The molecule has 150 valence electrons. The summed E-state index contributed by atoms with van der Waals surface area (Å²) in [5.41, 5.74) is 4.97. The van der Waals surface area contributed by atoms with Crippen molar-refractivity contribution < 1.29 is 14.4 Å². The third-order valence-corrected chi connectivity index (χ3v) is 5.50. The molecule has 1 heterocycles. The summed E-state index contributed by atoms with van der Waals surface area (Å²) in [6, 6.07) is 11.2. The van der Waals surface area contributed by atoms with Crippen molar-refractivity contribution in [2.24, 2.45) is 5.92 Å². The van der Waals surface area contributed by atoms with Crippen molar-refractivity contribution in [1.82, 2.24) is 0 Å². The highest BCUT2D eigenvalue weighted by molar-refractivity contribution is 6.43. The lowest BCUT2D eigenvalue weighted by Crippen LogP contribution is -2.36. The number of anilines is 3. The van der Waals surface area contributed by atoms with Gasteiger partial charge >= 0.3 is 11.8 Å². The standard InChI is InChI=1S/C23H25N3O3/c1-14-5-6-15(2)19(12-14)25-22(28)21(27)24-18-10-9-16-4-3-11-26(20(16)13-18)23(29)17-7-8-17/h5-6,9-10,12-13,17H,3-4,7-8,11H2,1-2H3,(H,24,27)(H,25,28). The molecule has 2 aliphatic rings. The molecule has 6 heteroatoms. The second kappa shape index (κ2) is 7.70. The van der Waals surface area contributed by atoms with Gasteiger partial charge in [0.25, 0.3) is 0 Å². The number of hydrogen-bond donors (Lipinski definition) is 2. The first-order chi connectivity index (χ1) is 13.9. The van der Waals surface area contributed by atoms with Crippen LogP contribution in [-0.2, 0) is 20.8 Å². The summed E-state index contributed by atoms with van der Waals surface area (Å²) in [7, 11) is 0. The molecular weight excluding hydrogens is 366 g/mol. The van der Waals surface area contributed by atoms with Gasteiger partial charge in [-0.05, 0) is 74.4 Å². The average molecular weight is 391 g/mol. The smallest absolute Gasteiger partial charge is 0.314 e. The molecule has 3 amide bonds. The van der Waals surface area contributed by atoms with E-state index in [4.69, 9.17) is 0 Å². The highest BCUT2D eigenvalue weighted by Gasteiger charge is 2.35. The maximum atomic E-state index is 12.6. The van der Waals surface area contributed by atoms with Crippen molar-refractivity contribution in [1.29, 1.82) is 0 Å². The van der Waals surface area contributed by atoms with Crippen LogP contribution in [0, 0.1) is 19.8 Å². The minimum absolute atomic E-state index is 0.141. The second-order valence-corrected chi connectivity index (χ2v) is 7.94. The molecule has 1 fully saturated rings. The lowest BCUT2D eigenvalue weighted by atomic mass is 10.0. The molecule has 4 rings (SSSR count). The maximum absolute atomic E-state index is 12.6. The van der Waals surface area contributed by atoms with Gasteiger partial charge in [0.05, 0.1) is 0 Å². The fourth-order valence-electron chi connectivity index (χ4n) is 3.67. The number of carbonyl (C=O) groups excluding carboxylic acids is 3. The lowest BCUT2D eigenvalue weighted by molar-refractivity contribution is -0.133. The Labute approximate surface area is 170 Å². The van der Waals surface area contributed by atoms with Crippen LogP contribution in [0.5, 0.6) is 0 Å². The van der Waals surface area contributed by atoms with Crippen LogP contribution in [0.25, 0.3) is 0 Å². The number of nitrogens with zero attached hydrogens (tertiary/aromatic N) is 1. The quantitative estimate of drug-likeness (QED) is 0.785. The molecular formula is C23H25N3O3. The number of aryl methyl sites for hydroxylation is 3. The zero-order valence-electron chi connectivity index (χ0n) is 16.7. The first kappa shape index (κ1) is 19.2. The number of amides is 3. The van der Waals surface area contributed by atoms with E-state index in [1.54, 1.807) is 12.1 Å². The average Bonchev–Trinajstić information content (AvgIpc) is 3.55. The number of benzene rings is 2. The van der Waals surface area contributed by atoms with Gasteiger partial charge in [0.15, 0.2) is 0 Å². The summed E-state index contributed by atoms with van der Waals surface area (Å²) in [4.78, 5) is 39.2. The van der Waals surface area contributed by atoms with Gasteiger partial charge in [0.2, 0.25) is 5.91 Å². The predicted octanol–water partition coefficient (Wildman–Crippen LogP) is 3.57. The number of fused-ring (bicyclic) bond motifs is 1. The van der Waals surface area contributed by atoms with Crippen molar-refractivity contribution in [2.75, 3.05) is 22.1 Å². The van der Waals surface area contributed by atoms with Crippen LogP contribution in [0.15, 0.2) is 36.4 Å². The zero-order chi connectivity index (χ0) is 20.5. The van der Waals surface area contributed by atoms with E-state index in [1.165, 1.54) is 0 Å². The number of rotatable bonds is 3.